The number of hydrogen-bond acceptors (Lipinski definition) is 2. The van der Waals surface area contributed by atoms with Crippen molar-refractivity contribution in [1.29, 1.82) is 0 Å². The van der Waals surface area contributed by atoms with Crippen molar-refractivity contribution in [2.24, 2.45) is 0 Å². The zero-order valence-corrected chi connectivity index (χ0v) is 15.0. The van der Waals surface area contributed by atoms with Gasteiger partial charge in [-0.1, -0.05) is 42.5 Å². The summed E-state index contributed by atoms with van der Waals surface area (Å²) in [4.78, 5) is 25.2. The highest BCUT2D eigenvalue weighted by atomic mass is 16.2. The highest BCUT2D eigenvalue weighted by molar-refractivity contribution is 5.90. The first-order valence-corrected chi connectivity index (χ1v) is 8.67. The Hall–Kier alpha value is -2.62. The molecule has 0 heterocycles. The van der Waals surface area contributed by atoms with E-state index in [0.717, 1.165) is 24.1 Å². The Kier molecular flexibility index (Phi) is 7.20. The minimum atomic E-state index is 0.0338. The Morgan fingerprint density at radius 2 is 1.48 bits per heavy atom. The second kappa shape index (κ2) is 9.62. The van der Waals surface area contributed by atoms with Crippen LogP contribution in [0.1, 0.15) is 30.4 Å². The topological polar surface area (TPSA) is 49.4 Å². The minimum absolute atomic E-state index is 0.0338. The van der Waals surface area contributed by atoms with Gasteiger partial charge in [0.05, 0.1) is 0 Å². The van der Waals surface area contributed by atoms with Crippen LogP contribution < -0.4 is 5.32 Å². The Bertz CT molecular complexity index is 679. The van der Waals surface area contributed by atoms with Crippen molar-refractivity contribution in [3.63, 3.8) is 0 Å². The molecule has 0 aliphatic rings. The van der Waals surface area contributed by atoms with Crippen LogP contribution in [0.2, 0.25) is 0 Å². The first-order chi connectivity index (χ1) is 12.0. The molecular weight excluding hydrogens is 312 g/mol. The fourth-order valence-electron chi connectivity index (χ4n) is 2.55. The number of hydrogen-bond donors (Lipinski definition) is 1. The standard InChI is InChI=1S/C21H26N2O2/c1-23(2)21(25)16-13-18-11-14-19(15-12-18)22-20(24)10-6-9-17-7-4-3-5-8-17/h3-5,7-8,11-12,14-15H,6,9-10,13,16H2,1-2H3,(H,22,24). The zero-order chi connectivity index (χ0) is 18.1. The molecule has 0 aliphatic carbocycles. The van der Waals surface area contributed by atoms with Crippen LogP contribution in [0, 0.1) is 0 Å². The summed E-state index contributed by atoms with van der Waals surface area (Å²) in [5.74, 6) is 0.155. The van der Waals surface area contributed by atoms with Gasteiger partial charge in [0.25, 0.3) is 0 Å². The van der Waals surface area contributed by atoms with Gasteiger partial charge in [-0.25, -0.2) is 0 Å². The second-order valence-electron chi connectivity index (χ2n) is 6.37. The molecule has 2 amide bonds. The van der Waals surface area contributed by atoms with Crippen LogP contribution >= 0.6 is 0 Å². The summed E-state index contributed by atoms with van der Waals surface area (Å²) in [5, 5.41) is 2.92. The highest BCUT2D eigenvalue weighted by Gasteiger charge is 2.06. The van der Waals surface area contributed by atoms with Crippen LogP contribution in [0.5, 0.6) is 0 Å². The monoisotopic (exact) mass is 338 g/mol. The van der Waals surface area contributed by atoms with Gasteiger partial charge in [0.15, 0.2) is 0 Å². The molecule has 0 saturated heterocycles. The fraction of sp³-hybridized carbons (Fsp3) is 0.333. The summed E-state index contributed by atoms with van der Waals surface area (Å²) in [6.07, 6.45) is 3.46. The molecule has 0 spiro atoms. The lowest BCUT2D eigenvalue weighted by atomic mass is 10.1. The van der Waals surface area contributed by atoms with E-state index < -0.39 is 0 Å². The van der Waals surface area contributed by atoms with Gasteiger partial charge in [-0.15, -0.1) is 0 Å². The zero-order valence-electron chi connectivity index (χ0n) is 15.0. The van der Waals surface area contributed by atoms with Crippen LogP contribution in [-0.2, 0) is 22.4 Å². The molecule has 0 radical (unpaired) electrons. The van der Waals surface area contributed by atoms with Crippen LogP contribution in [0.15, 0.2) is 54.6 Å². The molecule has 1 N–H and O–H groups in total. The van der Waals surface area contributed by atoms with Gasteiger partial charge >= 0.3 is 0 Å². The van der Waals surface area contributed by atoms with Crippen molar-refractivity contribution in [2.45, 2.75) is 32.1 Å². The van der Waals surface area contributed by atoms with Crippen LogP contribution in [0.4, 0.5) is 5.69 Å². The van der Waals surface area contributed by atoms with Gasteiger partial charge in [-0.3, -0.25) is 9.59 Å². The third-order valence-corrected chi connectivity index (χ3v) is 4.08. The molecule has 2 rings (SSSR count). The molecule has 0 bridgehead atoms. The maximum atomic E-state index is 12.0. The van der Waals surface area contributed by atoms with E-state index in [0.29, 0.717) is 19.3 Å². The van der Waals surface area contributed by atoms with E-state index in [1.165, 1.54) is 5.56 Å². The maximum absolute atomic E-state index is 12.0. The summed E-state index contributed by atoms with van der Waals surface area (Å²) in [5.41, 5.74) is 3.15. The number of benzene rings is 2. The van der Waals surface area contributed by atoms with Crippen molar-refractivity contribution in [1.82, 2.24) is 4.90 Å². The van der Waals surface area contributed by atoms with Crippen LogP contribution in [0.25, 0.3) is 0 Å². The van der Waals surface area contributed by atoms with Crippen molar-refractivity contribution in [3.05, 3.63) is 65.7 Å². The number of aryl methyl sites for hydroxylation is 2. The molecule has 0 saturated carbocycles. The third-order valence-electron chi connectivity index (χ3n) is 4.08. The molecule has 0 fully saturated rings. The second-order valence-corrected chi connectivity index (χ2v) is 6.37. The molecule has 0 aromatic heterocycles. The normalized spacial score (nSPS) is 10.3. The smallest absolute Gasteiger partial charge is 0.224 e. The summed E-state index contributed by atoms with van der Waals surface area (Å²) in [7, 11) is 3.53. The van der Waals surface area contributed by atoms with E-state index in [1.54, 1.807) is 19.0 Å². The molecule has 4 heteroatoms. The average molecular weight is 338 g/mol. The van der Waals surface area contributed by atoms with Crippen molar-refractivity contribution in [3.8, 4) is 0 Å². The van der Waals surface area contributed by atoms with Gasteiger partial charge in [-0.05, 0) is 42.5 Å². The molecule has 2 aromatic rings. The number of rotatable bonds is 8. The first kappa shape index (κ1) is 18.7. The Balaban J connectivity index is 1.72. The largest absolute Gasteiger partial charge is 0.349 e. The van der Waals surface area contributed by atoms with Crippen LogP contribution in [-0.4, -0.2) is 30.8 Å². The quantitative estimate of drug-likeness (QED) is 0.798. The van der Waals surface area contributed by atoms with Gasteiger partial charge in [0.1, 0.15) is 0 Å². The summed E-state index contributed by atoms with van der Waals surface area (Å²) in [6.45, 7) is 0. The number of amides is 2. The SMILES string of the molecule is CN(C)C(=O)CCc1ccc(NC(=O)CCCc2ccccc2)cc1. The molecule has 0 unspecified atom stereocenters. The third kappa shape index (κ3) is 6.79. The lowest BCUT2D eigenvalue weighted by Crippen LogP contribution is -2.21. The summed E-state index contributed by atoms with van der Waals surface area (Å²) >= 11 is 0. The summed E-state index contributed by atoms with van der Waals surface area (Å²) < 4.78 is 0. The molecule has 25 heavy (non-hydrogen) atoms. The Labute approximate surface area is 149 Å². The van der Waals surface area contributed by atoms with Gasteiger partial charge in [0.2, 0.25) is 11.8 Å². The lowest BCUT2D eigenvalue weighted by Gasteiger charge is -2.10. The van der Waals surface area contributed by atoms with Crippen molar-refractivity contribution < 1.29 is 9.59 Å². The van der Waals surface area contributed by atoms with Gasteiger partial charge in [0, 0.05) is 32.6 Å². The number of carbonyl (C=O) groups excluding carboxylic acids is 2. The predicted molar refractivity (Wildman–Crippen MR) is 101 cm³/mol. The lowest BCUT2D eigenvalue weighted by molar-refractivity contribution is -0.128. The van der Waals surface area contributed by atoms with E-state index in [1.807, 2.05) is 42.5 Å². The van der Waals surface area contributed by atoms with Gasteiger partial charge in [-0.2, -0.15) is 0 Å². The van der Waals surface area contributed by atoms with E-state index in [9.17, 15) is 9.59 Å². The molecule has 0 aliphatic heterocycles. The van der Waals surface area contributed by atoms with Crippen molar-refractivity contribution >= 4 is 17.5 Å². The maximum Gasteiger partial charge on any atom is 0.224 e. The molecule has 2 aromatic carbocycles. The number of nitrogens with one attached hydrogen (secondary N) is 1. The molecule has 4 nitrogen and oxygen atoms in total. The number of carbonyl (C=O) groups is 2. The Morgan fingerprint density at radius 1 is 0.840 bits per heavy atom. The minimum Gasteiger partial charge on any atom is -0.349 e. The van der Waals surface area contributed by atoms with Crippen molar-refractivity contribution in [2.75, 3.05) is 19.4 Å². The van der Waals surface area contributed by atoms with E-state index in [2.05, 4.69) is 17.4 Å². The van der Waals surface area contributed by atoms with Crippen LogP contribution in [0.3, 0.4) is 0 Å². The van der Waals surface area contributed by atoms with E-state index in [4.69, 9.17) is 0 Å². The summed E-state index contributed by atoms with van der Waals surface area (Å²) in [6, 6.07) is 17.9. The Morgan fingerprint density at radius 3 is 2.12 bits per heavy atom. The molecular formula is C21H26N2O2. The highest BCUT2D eigenvalue weighted by Crippen LogP contribution is 2.13. The first-order valence-electron chi connectivity index (χ1n) is 8.67. The number of anilines is 1. The predicted octanol–water partition coefficient (Wildman–Crippen LogP) is 3.67. The molecule has 0 atom stereocenters. The molecule has 132 valence electrons. The average Bonchev–Trinajstić information content (AvgIpc) is 2.61. The van der Waals surface area contributed by atoms with E-state index >= 15 is 0 Å². The number of nitrogens with zero attached hydrogens (tertiary/aromatic N) is 1. The van der Waals surface area contributed by atoms with Gasteiger partial charge < -0.3 is 10.2 Å². The van der Waals surface area contributed by atoms with E-state index in [-0.39, 0.29) is 11.8 Å². The fourth-order valence-corrected chi connectivity index (χ4v) is 2.55.